The van der Waals surface area contributed by atoms with E-state index >= 15 is 0 Å². The molecule has 3 aromatic rings. The number of amides is 1. The van der Waals surface area contributed by atoms with Crippen LogP contribution in [0, 0.1) is 5.92 Å². The number of aryl methyl sites for hydroxylation is 1. The molecular formula is C30H33N3O2. The van der Waals surface area contributed by atoms with Gasteiger partial charge in [-0.3, -0.25) is 4.79 Å². The van der Waals surface area contributed by atoms with Crippen molar-refractivity contribution < 1.29 is 9.90 Å². The highest BCUT2D eigenvalue weighted by Gasteiger charge is 2.17. The standard InChI is InChI=1S/C30H33N3O2/c34-26-18-16-25(17-19-26)28-22-31-30(27(32-28)20-15-23-11-9-6-10-12-23)33-29(35)21-24-13-7-4-2-1-3-5-8-14-24/h1-5,7-8,13-14,16-19,22-23,34H,6,9-12,15,20-21H2,(H,31,33,35). The van der Waals surface area contributed by atoms with Gasteiger partial charge in [0.05, 0.1) is 24.0 Å². The van der Waals surface area contributed by atoms with E-state index in [1.807, 2.05) is 66.7 Å². The van der Waals surface area contributed by atoms with Crippen LogP contribution in [0.4, 0.5) is 5.82 Å². The molecule has 0 aliphatic heterocycles. The third-order valence-electron chi connectivity index (χ3n) is 6.43. The molecule has 2 aromatic carbocycles. The first-order chi connectivity index (χ1) is 17.2. The summed E-state index contributed by atoms with van der Waals surface area (Å²) in [6.07, 6.45) is 10.2. The molecule has 2 N–H and O–H groups in total. The van der Waals surface area contributed by atoms with Crippen LogP contribution in [0.5, 0.6) is 5.75 Å². The van der Waals surface area contributed by atoms with Crippen LogP contribution in [0.2, 0.25) is 0 Å². The minimum absolute atomic E-state index is 0.114. The second kappa shape index (κ2) is 12.7. The van der Waals surface area contributed by atoms with Gasteiger partial charge in [-0.2, -0.15) is 0 Å². The van der Waals surface area contributed by atoms with Gasteiger partial charge < -0.3 is 10.4 Å². The SMILES string of the molecule is O=C(Cc1ccccccccc1)Nc1ncc(-c2ccc(O)cc2)nc1CCC1CCCCC1. The molecule has 1 aliphatic carbocycles. The minimum atomic E-state index is -0.114. The van der Waals surface area contributed by atoms with Gasteiger partial charge in [0, 0.05) is 5.56 Å². The van der Waals surface area contributed by atoms with Crippen molar-refractivity contribution in [3.8, 4) is 17.0 Å². The van der Waals surface area contributed by atoms with Gasteiger partial charge in [-0.15, -0.1) is 0 Å². The largest absolute Gasteiger partial charge is 0.508 e. The Morgan fingerprint density at radius 2 is 1.54 bits per heavy atom. The number of phenolic OH excluding ortho intramolecular Hbond substituents is 1. The number of benzene rings is 1. The molecule has 180 valence electrons. The number of rotatable bonds is 7. The van der Waals surface area contributed by atoms with Crippen LogP contribution in [0.3, 0.4) is 0 Å². The molecule has 1 saturated carbocycles. The number of nitrogens with zero attached hydrogens (tertiary/aromatic N) is 2. The first kappa shape index (κ1) is 24.4. The number of nitrogens with one attached hydrogen (secondary N) is 1. The smallest absolute Gasteiger partial charge is 0.229 e. The molecule has 0 saturated heterocycles. The molecule has 1 fully saturated rings. The Kier molecular flexibility index (Phi) is 8.82. The third-order valence-corrected chi connectivity index (χ3v) is 6.43. The molecular weight excluding hydrogens is 434 g/mol. The lowest BCUT2D eigenvalue weighted by Gasteiger charge is -2.21. The molecule has 1 heterocycles. The number of carbonyl (C=O) groups excluding carboxylic acids is 1. The fourth-order valence-electron chi connectivity index (χ4n) is 4.51. The molecule has 1 aromatic heterocycles. The first-order valence-electron chi connectivity index (χ1n) is 12.5. The molecule has 5 heteroatoms. The fraction of sp³-hybridized carbons (Fsp3) is 0.300. The van der Waals surface area contributed by atoms with E-state index in [0.29, 0.717) is 11.7 Å². The number of aromatic nitrogens is 2. The molecule has 0 radical (unpaired) electrons. The van der Waals surface area contributed by atoms with Gasteiger partial charge in [0.1, 0.15) is 5.75 Å². The average Bonchev–Trinajstić information content (AvgIpc) is 2.88. The second-order valence-electron chi connectivity index (χ2n) is 9.12. The summed E-state index contributed by atoms with van der Waals surface area (Å²) in [4.78, 5) is 22.4. The Bertz CT molecular complexity index is 1150. The monoisotopic (exact) mass is 467 g/mol. The number of hydrogen-bond donors (Lipinski definition) is 2. The Hall–Kier alpha value is -3.73. The molecule has 0 bridgehead atoms. The second-order valence-corrected chi connectivity index (χ2v) is 9.12. The van der Waals surface area contributed by atoms with Crippen molar-refractivity contribution in [2.45, 2.75) is 51.4 Å². The minimum Gasteiger partial charge on any atom is -0.508 e. The summed E-state index contributed by atoms with van der Waals surface area (Å²) < 4.78 is 0. The predicted octanol–water partition coefficient (Wildman–Crippen LogP) is 6.67. The maximum atomic E-state index is 12.9. The number of aromatic hydroxyl groups is 1. The summed E-state index contributed by atoms with van der Waals surface area (Å²) in [7, 11) is 0. The Labute approximate surface area is 207 Å². The molecule has 0 atom stereocenters. The van der Waals surface area contributed by atoms with Gasteiger partial charge in [0.15, 0.2) is 5.82 Å². The average molecular weight is 468 g/mol. The first-order valence-corrected chi connectivity index (χ1v) is 12.5. The topological polar surface area (TPSA) is 75.1 Å². The molecule has 5 nitrogen and oxygen atoms in total. The van der Waals surface area contributed by atoms with Gasteiger partial charge in [0.2, 0.25) is 5.91 Å². The highest BCUT2D eigenvalue weighted by atomic mass is 16.3. The van der Waals surface area contributed by atoms with Crippen LogP contribution in [0.1, 0.15) is 49.8 Å². The van der Waals surface area contributed by atoms with Crippen LogP contribution in [-0.2, 0) is 17.6 Å². The van der Waals surface area contributed by atoms with Crippen molar-refractivity contribution in [2.75, 3.05) is 5.32 Å². The van der Waals surface area contributed by atoms with Crippen molar-refractivity contribution in [3.63, 3.8) is 0 Å². The molecule has 35 heavy (non-hydrogen) atoms. The van der Waals surface area contributed by atoms with Crippen molar-refractivity contribution in [2.24, 2.45) is 5.92 Å². The van der Waals surface area contributed by atoms with Gasteiger partial charge in [-0.1, -0.05) is 86.7 Å². The molecule has 0 spiro atoms. The van der Waals surface area contributed by atoms with Crippen LogP contribution >= 0.6 is 0 Å². The summed E-state index contributed by atoms with van der Waals surface area (Å²) in [5.41, 5.74) is 3.36. The van der Waals surface area contributed by atoms with Gasteiger partial charge >= 0.3 is 0 Å². The summed E-state index contributed by atoms with van der Waals surface area (Å²) in [6, 6.07) is 24.5. The van der Waals surface area contributed by atoms with E-state index in [2.05, 4.69) is 10.3 Å². The van der Waals surface area contributed by atoms with E-state index in [4.69, 9.17) is 4.98 Å². The predicted molar refractivity (Wildman–Crippen MR) is 140 cm³/mol. The van der Waals surface area contributed by atoms with Crippen molar-refractivity contribution in [3.05, 3.63) is 96.3 Å². The quantitative estimate of drug-likeness (QED) is 0.407. The van der Waals surface area contributed by atoms with E-state index < -0.39 is 0 Å². The lowest BCUT2D eigenvalue weighted by molar-refractivity contribution is -0.115. The van der Waals surface area contributed by atoms with Gasteiger partial charge in [-0.25, -0.2) is 9.97 Å². The van der Waals surface area contributed by atoms with Crippen molar-refractivity contribution in [1.29, 1.82) is 0 Å². The van der Waals surface area contributed by atoms with E-state index in [1.54, 1.807) is 18.3 Å². The van der Waals surface area contributed by atoms with Crippen LogP contribution in [0.15, 0.2) is 85.1 Å². The molecule has 1 amide bonds. The summed E-state index contributed by atoms with van der Waals surface area (Å²) in [5, 5.41) is 12.6. The lowest BCUT2D eigenvalue weighted by Crippen LogP contribution is -2.18. The maximum Gasteiger partial charge on any atom is 0.229 e. The van der Waals surface area contributed by atoms with Crippen LogP contribution in [-0.4, -0.2) is 21.0 Å². The molecule has 1 aliphatic rings. The van der Waals surface area contributed by atoms with E-state index in [1.165, 1.54) is 32.1 Å². The fourth-order valence-corrected chi connectivity index (χ4v) is 4.51. The highest BCUT2D eigenvalue weighted by Crippen LogP contribution is 2.29. The number of carbonyl (C=O) groups is 1. The summed E-state index contributed by atoms with van der Waals surface area (Å²) >= 11 is 0. The molecule has 0 unspecified atom stereocenters. The molecule has 4 rings (SSSR count). The third kappa shape index (κ3) is 7.64. The normalized spacial score (nSPS) is 13.6. The van der Waals surface area contributed by atoms with E-state index in [0.717, 1.165) is 35.4 Å². The Morgan fingerprint density at radius 3 is 2.23 bits per heavy atom. The maximum absolute atomic E-state index is 12.9. The number of anilines is 1. The Morgan fingerprint density at radius 1 is 0.886 bits per heavy atom. The van der Waals surface area contributed by atoms with E-state index in [-0.39, 0.29) is 18.1 Å². The summed E-state index contributed by atoms with van der Waals surface area (Å²) in [5.74, 6) is 1.35. The number of phenols is 1. The zero-order chi connectivity index (χ0) is 24.3. The number of hydrogen-bond acceptors (Lipinski definition) is 4. The highest BCUT2D eigenvalue weighted by molar-refractivity contribution is 5.91. The van der Waals surface area contributed by atoms with Crippen molar-refractivity contribution >= 4 is 11.7 Å². The summed E-state index contributed by atoms with van der Waals surface area (Å²) in [6.45, 7) is 0. The zero-order valence-electron chi connectivity index (χ0n) is 20.1. The van der Waals surface area contributed by atoms with Crippen LogP contribution < -0.4 is 5.32 Å². The van der Waals surface area contributed by atoms with Gasteiger partial charge in [-0.05, 0) is 48.6 Å². The van der Waals surface area contributed by atoms with Gasteiger partial charge in [0.25, 0.3) is 0 Å². The Balaban J connectivity index is 1.54. The van der Waals surface area contributed by atoms with E-state index in [9.17, 15) is 9.90 Å². The lowest BCUT2D eigenvalue weighted by atomic mass is 9.86. The van der Waals surface area contributed by atoms with Crippen molar-refractivity contribution in [1.82, 2.24) is 9.97 Å². The van der Waals surface area contributed by atoms with Crippen LogP contribution in [0.25, 0.3) is 11.3 Å². The zero-order valence-corrected chi connectivity index (χ0v) is 20.1.